The minimum Gasteiger partial charge on any atom is -0.497 e. The van der Waals surface area contributed by atoms with Gasteiger partial charge in [0, 0.05) is 18.0 Å². The first-order valence-corrected chi connectivity index (χ1v) is 9.03. The van der Waals surface area contributed by atoms with E-state index in [2.05, 4.69) is 38.1 Å². The largest absolute Gasteiger partial charge is 0.497 e. The van der Waals surface area contributed by atoms with Crippen molar-refractivity contribution in [2.45, 2.75) is 19.9 Å². The molecule has 0 fully saturated rings. The van der Waals surface area contributed by atoms with Crippen molar-refractivity contribution in [2.24, 2.45) is 0 Å². The quantitative estimate of drug-likeness (QED) is 0.658. The number of rotatable bonds is 5. The molecule has 0 saturated heterocycles. The molecule has 5 nitrogen and oxygen atoms in total. The molecule has 1 aromatic carbocycles. The molecule has 0 amide bonds. The van der Waals surface area contributed by atoms with Crippen molar-refractivity contribution >= 4 is 33.2 Å². The van der Waals surface area contributed by atoms with Crippen LogP contribution in [-0.4, -0.2) is 22.1 Å². The molecular weight excluding hydrogens is 388 g/mol. The molecule has 2 heterocycles. The number of aromatic nitrogens is 3. The SMILES string of the molecule is COc1ccc(-c2nc(C)c(C(C)Nc3ncc(Br)cn3)s2)cc1. The summed E-state index contributed by atoms with van der Waals surface area (Å²) in [5.74, 6) is 1.44. The normalized spacial score (nSPS) is 12.0. The number of hydrogen-bond donors (Lipinski definition) is 1. The average Bonchev–Trinajstić information content (AvgIpc) is 2.99. The third-order valence-electron chi connectivity index (χ3n) is 3.53. The highest BCUT2D eigenvalue weighted by molar-refractivity contribution is 9.10. The number of thiazole rings is 1. The van der Waals surface area contributed by atoms with Gasteiger partial charge in [-0.15, -0.1) is 11.3 Å². The van der Waals surface area contributed by atoms with E-state index in [4.69, 9.17) is 9.72 Å². The Morgan fingerprint density at radius 2 is 1.83 bits per heavy atom. The summed E-state index contributed by atoms with van der Waals surface area (Å²) in [6.07, 6.45) is 3.45. The van der Waals surface area contributed by atoms with Crippen LogP contribution in [0.15, 0.2) is 41.1 Å². The number of methoxy groups -OCH3 is 1. The van der Waals surface area contributed by atoms with Crippen molar-refractivity contribution in [1.82, 2.24) is 15.0 Å². The van der Waals surface area contributed by atoms with E-state index >= 15 is 0 Å². The first-order chi connectivity index (χ1) is 11.6. The fourth-order valence-electron chi connectivity index (χ4n) is 2.31. The van der Waals surface area contributed by atoms with Crippen LogP contribution in [0.4, 0.5) is 5.95 Å². The molecule has 24 heavy (non-hydrogen) atoms. The van der Waals surface area contributed by atoms with Gasteiger partial charge in [0.25, 0.3) is 0 Å². The Bertz CT molecular complexity index is 818. The van der Waals surface area contributed by atoms with Crippen LogP contribution in [0, 0.1) is 6.92 Å². The third-order valence-corrected chi connectivity index (χ3v) is 5.33. The minimum atomic E-state index is 0.0793. The van der Waals surface area contributed by atoms with Crippen molar-refractivity contribution < 1.29 is 4.74 Å². The minimum absolute atomic E-state index is 0.0793. The van der Waals surface area contributed by atoms with Crippen LogP contribution >= 0.6 is 27.3 Å². The van der Waals surface area contributed by atoms with Crippen LogP contribution in [0.3, 0.4) is 0 Å². The summed E-state index contributed by atoms with van der Waals surface area (Å²) in [5, 5.41) is 4.31. The number of anilines is 1. The summed E-state index contributed by atoms with van der Waals surface area (Å²) in [7, 11) is 1.66. The Morgan fingerprint density at radius 1 is 1.17 bits per heavy atom. The van der Waals surface area contributed by atoms with Crippen LogP contribution < -0.4 is 10.1 Å². The summed E-state index contributed by atoms with van der Waals surface area (Å²) in [6.45, 7) is 4.11. The maximum atomic E-state index is 5.20. The lowest BCUT2D eigenvalue weighted by molar-refractivity contribution is 0.415. The first-order valence-electron chi connectivity index (χ1n) is 7.42. The van der Waals surface area contributed by atoms with Gasteiger partial charge in [-0.05, 0) is 54.0 Å². The number of hydrogen-bond acceptors (Lipinski definition) is 6. The van der Waals surface area contributed by atoms with E-state index in [0.29, 0.717) is 5.95 Å². The van der Waals surface area contributed by atoms with Crippen molar-refractivity contribution in [1.29, 1.82) is 0 Å². The Labute approximate surface area is 153 Å². The van der Waals surface area contributed by atoms with Crippen LogP contribution in [0.1, 0.15) is 23.5 Å². The Kier molecular flexibility index (Phi) is 5.11. The van der Waals surface area contributed by atoms with Crippen molar-refractivity contribution in [3.05, 3.63) is 51.7 Å². The highest BCUT2D eigenvalue weighted by Crippen LogP contribution is 2.33. The monoisotopic (exact) mass is 404 g/mol. The molecule has 3 rings (SSSR count). The molecule has 3 aromatic rings. The molecule has 1 unspecified atom stereocenters. The Morgan fingerprint density at radius 3 is 2.46 bits per heavy atom. The fraction of sp³-hybridized carbons (Fsp3) is 0.235. The molecule has 0 aliphatic carbocycles. The fourth-order valence-corrected chi connectivity index (χ4v) is 3.59. The van der Waals surface area contributed by atoms with E-state index in [1.54, 1.807) is 30.8 Å². The highest BCUT2D eigenvalue weighted by atomic mass is 79.9. The number of nitrogens with zero attached hydrogens (tertiary/aromatic N) is 3. The third kappa shape index (κ3) is 3.73. The van der Waals surface area contributed by atoms with E-state index in [-0.39, 0.29) is 6.04 Å². The van der Waals surface area contributed by atoms with Gasteiger partial charge < -0.3 is 10.1 Å². The standard InChI is InChI=1S/C17H17BrN4OS/c1-10-15(11(2)22-17-19-8-13(18)9-20-17)24-16(21-10)12-4-6-14(23-3)7-5-12/h4-9,11H,1-3H3,(H,19,20,22). The Hall–Kier alpha value is -1.99. The molecule has 1 N–H and O–H groups in total. The predicted molar refractivity (Wildman–Crippen MR) is 101 cm³/mol. The maximum Gasteiger partial charge on any atom is 0.223 e. The Balaban J connectivity index is 1.80. The maximum absolute atomic E-state index is 5.20. The molecule has 124 valence electrons. The van der Waals surface area contributed by atoms with Crippen LogP contribution in [0.5, 0.6) is 5.75 Å². The molecule has 0 spiro atoms. The second kappa shape index (κ2) is 7.27. The summed E-state index contributed by atoms with van der Waals surface area (Å²) in [6, 6.07) is 8.02. The number of halogens is 1. The van der Waals surface area contributed by atoms with Gasteiger partial charge in [-0.3, -0.25) is 0 Å². The second-order valence-corrected chi connectivity index (χ2v) is 7.23. The van der Waals surface area contributed by atoms with Crippen LogP contribution in [-0.2, 0) is 0 Å². The first kappa shape index (κ1) is 16.9. The van der Waals surface area contributed by atoms with Gasteiger partial charge in [-0.1, -0.05) is 0 Å². The number of nitrogens with one attached hydrogen (secondary N) is 1. The van der Waals surface area contributed by atoms with E-state index < -0.39 is 0 Å². The number of benzene rings is 1. The van der Waals surface area contributed by atoms with E-state index in [9.17, 15) is 0 Å². The number of aryl methyl sites for hydroxylation is 1. The number of ether oxygens (including phenoxy) is 1. The van der Waals surface area contributed by atoms with Gasteiger partial charge in [-0.2, -0.15) is 0 Å². The van der Waals surface area contributed by atoms with E-state index in [1.807, 2.05) is 31.2 Å². The van der Waals surface area contributed by atoms with Crippen molar-refractivity contribution in [2.75, 3.05) is 12.4 Å². The van der Waals surface area contributed by atoms with Crippen LogP contribution in [0.25, 0.3) is 10.6 Å². The summed E-state index contributed by atoms with van der Waals surface area (Å²) >= 11 is 5.02. The van der Waals surface area contributed by atoms with Gasteiger partial charge in [0.05, 0.1) is 28.2 Å². The zero-order chi connectivity index (χ0) is 17.1. The van der Waals surface area contributed by atoms with Gasteiger partial charge in [0.1, 0.15) is 10.8 Å². The molecule has 0 bridgehead atoms. The molecule has 0 aliphatic heterocycles. The predicted octanol–water partition coefficient (Wildman–Crippen LogP) is 4.85. The van der Waals surface area contributed by atoms with E-state index in [1.165, 1.54) is 4.88 Å². The zero-order valence-corrected chi connectivity index (χ0v) is 16.0. The second-order valence-electron chi connectivity index (χ2n) is 5.29. The average molecular weight is 405 g/mol. The topological polar surface area (TPSA) is 59.9 Å². The zero-order valence-electron chi connectivity index (χ0n) is 13.6. The van der Waals surface area contributed by atoms with Crippen LogP contribution in [0.2, 0.25) is 0 Å². The lowest BCUT2D eigenvalue weighted by Gasteiger charge is -2.12. The molecule has 7 heteroatoms. The molecule has 2 aromatic heterocycles. The lowest BCUT2D eigenvalue weighted by Crippen LogP contribution is -2.08. The molecule has 0 aliphatic rings. The summed E-state index contributed by atoms with van der Waals surface area (Å²) in [4.78, 5) is 14.4. The van der Waals surface area contributed by atoms with Gasteiger partial charge in [0.15, 0.2) is 0 Å². The molecule has 1 atom stereocenters. The smallest absolute Gasteiger partial charge is 0.223 e. The van der Waals surface area contributed by atoms with Gasteiger partial charge in [0.2, 0.25) is 5.95 Å². The summed E-state index contributed by atoms with van der Waals surface area (Å²) in [5.41, 5.74) is 2.10. The molecular formula is C17H17BrN4OS. The van der Waals surface area contributed by atoms with Gasteiger partial charge >= 0.3 is 0 Å². The highest BCUT2D eigenvalue weighted by Gasteiger charge is 2.16. The molecule has 0 saturated carbocycles. The lowest BCUT2D eigenvalue weighted by atomic mass is 10.2. The van der Waals surface area contributed by atoms with Gasteiger partial charge in [-0.25, -0.2) is 15.0 Å². The van der Waals surface area contributed by atoms with Crippen molar-refractivity contribution in [3.63, 3.8) is 0 Å². The molecule has 0 radical (unpaired) electrons. The van der Waals surface area contributed by atoms with E-state index in [0.717, 1.165) is 26.5 Å². The van der Waals surface area contributed by atoms with Crippen molar-refractivity contribution in [3.8, 4) is 16.3 Å². The summed E-state index contributed by atoms with van der Waals surface area (Å²) < 4.78 is 6.06.